The molecule has 3 rings (SSSR count). The van der Waals surface area contributed by atoms with Gasteiger partial charge >= 0.3 is 0 Å². The van der Waals surface area contributed by atoms with E-state index in [0.717, 1.165) is 44.1 Å². The van der Waals surface area contributed by atoms with E-state index >= 15 is 0 Å². The first-order valence-electron chi connectivity index (χ1n) is 8.58. The predicted octanol–water partition coefficient (Wildman–Crippen LogP) is 3.12. The van der Waals surface area contributed by atoms with Crippen molar-refractivity contribution in [3.8, 4) is 0 Å². The van der Waals surface area contributed by atoms with Gasteiger partial charge in [0.1, 0.15) is 0 Å². The van der Waals surface area contributed by atoms with Gasteiger partial charge in [0.15, 0.2) is 0 Å². The molecule has 4 heteroatoms. The molecule has 2 bridgehead atoms. The van der Waals surface area contributed by atoms with Crippen LogP contribution < -0.4 is 5.73 Å². The summed E-state index contributed by atoms with van der Waals surface area (Å²) < 4.78 is 0. The molecule has 3 nitrogen and oxygen atoms in total. The number of hydrogen-bond donors (Lipinski definition) is 1. The molecule has 3 atom stereocenters. The van der Waals surface area contributed by atoms with Crippen LogP contribution in [0, 0.1) is 23.2 Å². The zero-order chi connectivity index (χ0) is 15.0. The fraction of sp³-hybridized carbons (Fsp3) is 0.882. The summed E-state index contributed by atoms with van der Waals surface area (Å²) in [7, 11) is 1.96. The van der Waals surface area contributed by atoms with Crippen molar-refractivity contribution in [2.24, 2.45) is 28.9 Å². The van der Waals surface area contributed by atoms with E-state index in [2.05, 4.69) is 0 Å². The van der Waals surface area contributed by atoms with Crippen molar-refractivity contribution < 1.29 is 4.79 Å². The quantitative estimate of drug-likeness (QED) is 0.812. The normalized spacial score (nSPS) is 33.9. The second kappa shape index (κ2) is 5.86. The van der Waals surface area contributed by atoms with Crippen LogP contribution in [0.1, 0.15) is 57.8 Å². The van der Waals surface area contributed by atoms with Crippen LogP contribution in [-0.2, 0) is 4.79 Å². The first-order chi connectivity index (χ1) is 10.0. The fourth-order valence-corrected chi connectivity index (χ4v) is 5.41. The molecule has 3 aliphatic rings. The van der Waals surface area contributed by atoms with Crippen LogP contribution in [0.15, 0.2) is 0 Å². The summed E-state index contributed by atoms with van der Waals surface area (Å²) in [6.07, 6.45) is 10.6. The molecular weight excluding hydrogens is 280 g/mol. The molecule has 0 heterocycles. The Bertz CT molecular complexity index is 431. The van der Waals surface area contributed by atoms with Crippen molar-refractivity contribution in [2.75, 3.05) is 13.6 Å². The second-order valence-corrected chi connectivity index (χ2v) is 8.07. The third-order valence-electron chi connectivity index (χ3n) is 6.33. The highest BCUT2D eigenvalue weighted by Gasteiger charge is 2.46. The average molecular weight is 308 g/mol. The lowest BCUT2D eigenvalue weighted by Gasteiger charge is -2.39. The number of carbonyl (C=O) groups excluding carboxylic acids is 1. The van der Waals surface area contributed by atoms with Crippen molar-refractivity contribution in [3.05, 3.63) is 0 Å². The van der Waals surface area contributed by atoms with Crippen LogP contribution in [0.2, 0.25) is 0 Å². The van der Waals surface area contributed by atoms with Crippen molar-refractivity contribution in [1.29, 1.82) is 0 Å². The van der Waals surface area contributed by atoms with Crippen LogP contribution in [-0.4, -0.2) is 29.4 Å². The van der Waals surface area contributed by atoms with E-state index < -0.39 is 5.41 Å². The van der Waals surface area contributed by atoms with Gasteiger partial charge in [0.25, 0.3) is 0 Å². The Morgan fingerprint density at radius 3 is 2.48 bits per heavy atom. The smallest absolute Gasteiger partial charge is 0.235 e. The second-order valence-electron chi connectivity index (χ2n) is 7.63. The topological polar surface area (TPSA) is 46.3 Å². The van der Waals surface area contributed by atoms with Crippen molar-refractivity contribution >= 4 is 23.1 Å². The molecular formula is C17H28N2OS. The molecule has 2 N–H and O–H groups in total. The van der Waals surface area contributed by atoms with Gasteiger partial charge in [-0.25, -0.2) is 0 Å². The molecule has 0 aliphatic heterocycles. The van der Waals surface area contributed by atoms with E-state index in [1.165, 1.54) is 32.1 Å². The molecule has 0 aromatic rings. The maximum atomic E-state index is 13.0. The van der Waals surface area contributed by atoms with Crippen molar-refractivity contribution in [1.82, 2.24) is 4.90 Å². The van der Waals surface area contributed by atoms with Gasteiger partial charge < -0.3 is 10.6 Å². The van der Waals surface area contributed by atoms with Crippen LogP contribution in [0.25, 0.3) is 0 Å². The third kappa shape index (κ3) is 2.71. The minimum atomic E-state index is -0.542. The average Bonchev–Trinajstić information content (AvgIpc) is 3.09. The summed E-state index contributed by atoms with van der Waals surface area (Å²) in [6, 6.07) is 0. The minimum absolute atomic E-state index is 0.192. The summed E-state index contributed by atoms with van der Waals surface area (Å²) in [5, 5.41) is 0. The number of nitrogens with two attached hydrogens (primary N) is 1. The van der Waals surface area contributed by atoms with E-state index in [1.54, 1.807) is 0 Å². The van der Waals surface area contributed by atoms with E-state index in [9.17, 15) is 4.79 Å². The van der Waals surface area contributed by atoms with E-state index in [0.29, 0.717) is 10.9 Å². The number of hydrogen-bond acceptors (Lipinski definition) is 2. The molecule has 0 spiro atoms. The maximum Gasteiger partial charge on any atom is 0.235 e. The summed E-state index contributed by atoms with van der Waals surface area (Å²) in [5.41, 5.74) is 5.45. The first-order valence-corrected chi connectivity index (χ1v) is 8.99. The Labute approximate surface area is 133 Å². The molecule has 0 aromatic carbocycles. The number of thiocarbonyl (C=S) groups is 1. The summed E-state index contributed by atoms with van der Waals surface area (Å²) >= 11 is 5.29. The molecule has 0 radical (unpaired) electrons. The highest BCUT2D eigenvalue weighted by atomic mass is 32.1. The van der Waals surface area contributed by atoms with Gasteiger partial charge in [-0.2, -0.15) is 0 Å². The molecule has 3 saturated carbocycles. The Morgan fingerprint density at radius 1 is 1.24 bits per heavy atom. The number of rotatable bonds is 4. The molecule has 3 aliphatic carbocycles. The predicted molar refractivity (Wildman–Crippen MR) is 88.9 cm³/mol. The van der Waals surface area contributed by atoms with Crippen LogP contribution >= 0.6 is 12.2 Å². The summed E-state index contributed by atoms with van der Waals surface area (Å²) in [6.45, 7) is 0.907. The monoisotopic (exact) mass is 308 g/mol. The Balaban J connectivity index is 1.66. The Kier molecular flexibility index (Phi) is 4.26. The molecule has 0 saturated heterocycles. The fourth-order valence-electron chi connectivity index (χ4n) is 5.12. The summed E-state index contributed by atoms with van der Waals surface area (Å²) in [5.74, 6) is 2.70. The number of fused-ring (bicyclic) bond motifs is 2. The molecule has 0 aromatic heterocycles. The van der Waals surface area contributed by atoms with Gasteiger partial charge in [-0.1, -0.05) is 37.9 Å². The Hall–Kier alpha value is -0.640. The molecule has 3 fully saturated rings. The standard InChI is InChI=1S/C17H28N2OS/c1-19(11-14-10-12-5-6-13(14)9-12)16(20)17(15(18)21)7-3-2-4-8-17/h12-14H,2-11H2,1H3,(H2,18,21). The van der Waals surface area contributed by atoms with Crippen LogP contribution in [0.5, 0.6) is 0 Å². The van der Waals surface area contributed by atoms with Crippen molar-refractivity contribution in [3.63, 3.8) is 0 Å². The summed E-state index contributed by atoms with van der Waals surface area (Å²) in [4.78, 5) is 15.4. The van der Waals surface area contributed by atoms with Gasteiger partial charge in [-0.15, -0.1) is 0 Å². The SMILES string of the molecule is CN(CC1CC2CCC1C2)C(=O)C1(C(N)=S)CCCCC1. The number of amides is 1. The van der Waals surface area contributed by atoms with Gasteiger partial charge in [-0.3, -0.25) is 4.79 Å². The zero-order valence-corrected chi connectivity index (χ0v) is 14.0. The molecule has 1 amide bonds. The molecule has 3 unspecified atom stereocenters. The van der Waals surface area contributed by atoms with Crippen molar-refractivity contribution in [2.45, 2.75) is 57.8 Å². The highest BCUT2D eigenvalue weighted by molar-refractivity contribution is 7.80. The van der Waals surface area contributed by atoms with Gasteiger partial charge in [0, 0.05) is 13.6 Å². The van der Waals surface area contributed by atoms with E-state index in [1.807, 2.05) is 11.9 Å². The van der Waals surface area contributed by atoms with Gasteiger partial charge in [0.05, 0.1) is 10.4 Å². The number of nitrogens with zero attached hydrogens (tertiary/aromatic N) is 1. The molecule has 118 valence electrons. The lowest BCUT2D eigenvalue weighted by atomic mass is 9.72. The van der Waals surface area contributed by atoms with E-state index in [-0.39, 0.29) is 5.91 Å². The Morgan fingerprint density at radius 2 is 1.95 bits per heavy atom. The highest BCUT2D eigenvalue weighted by Crippen LogP contribution is 2.48. The minimum Gasteiger partial charge on any atom is -0.392 e. The first kappa shape index (κ1) is 15.3. The van der Waals surface area contributed by atoms with E-state index in [4.69, 9.17) is 18.0 Å². The lowest BCUT2D eigenvalue weighted by Crippen LogP contribution is -2.51. The van der Waals surface area contributed by atoms with Crippen LogP contribution in [0.4, 0.5) is 0 Å². The number of carbonyl (C=O) groups is 1. The third-order valence-corrected chi connectivity index (χ3v) is 6.72. The molecule has 21 heavy (non-hydrogen) atoms. The van der Waals surface area contributed by atoms with Gasteiger partial charge in [0.2, 0.25) is 5.91 Å². The lowest BCUT2D eigenvalue weighted by molar-refractivity contribution is -0.139. The maximum absolute atomic E-state index is 13.0. The van der Waals surface area contributed by atoms with Crippen LogP contribution in [0.3, 0.4) is 0 Å². The largest absolute Gasteiger partial charge is 0.392 e. The zero-order valence-electron chi connectivity index (χ0n) is 13.1. The van der Waals surface area contributed by atoms with Gasteiger partial charge in [-0.05, 0) is 49.9 Å².